The number of likely N-dealkylation sites (N-methyl/N-ethyl adjacent to an activating group) is 1. The Morgan fingerprint density at radius 1 is 1.30 bits per heavy atom. The average Bonchev–Trinajstić information content (AvgIpc) is 3.23. The average molecular weight is 624 g/mol. The minimum Gasteiger partial charge on any atom is -0.467 e. The van der Waals surface area contributed by atoms with Crippen LogP contribution in [-0.2, 0) is 28.7 Å². The number of nitrogens with zero attached hydrogens (tertiary/aromatic N) is 5. The quantitative estimate of drug-likeness (QED) is 0.224. The lowest BCUT2D eigenvalue weighted by atomic mass is 9.91. The summed E-state index contributed by atoms with van der Waals surface area (Å²) in [6.07, 6.45) is -5.63. The summed E-state index contributed by atoms with van der Waals surface area (Å²) >= 11 is 6.50. The fourth-order valence-corrected chi connectivity index (χ4v) is 5.08. The molecule has 4 rings (SSSR count). The molecule has 2 aliphatic heterocycles. The second-order valence-corrected chi connectivity index (χ2v) is 10.4. The minimum absolute atomic E-state index is 0.0105. The molecule has 1 atom stereocenters. The van der Waals surface area contributed by atoms with Crippen LogP contribution >= 0.6 is 11.6 Å². The van der Waals surface area contributed by atoms with E-state index in [1.807, 2.05) is 4.90 Å². The van der Waals surface area contributed by atoms with Crippen LogP contribution in [0.2, 0.25) is 0 Å². The van der Waals surface area contributed by atoms with Gasteiger partial charge in [-0.2, -0.15) is 23.1 Å². The number of aromatic nitrogens is 2. The summed E-state index contributed by atoms with van der Waals surface area (Å²) in [4.78, 5) is 29.0. The Bertz CT molecular complexity index is 1560. The predicted molar refractivity (Wildman–Crippen MR) is 153 cm³/mol. The van der Waals surface area contributed by atoms with Crippen LogP contribution in [0, 0.1) is 17.7 Å². The van der Waals surface area contributed by atoms with Crippen LogP contribution < -0.4 is 21.1 Å². The van der Waals surface area contributed by atoms with E-state index in [2.05, 4.69) is 26.8 Å². The fraction of sp³-hybridized carbons (Fsp3) is 0.429. The van der Waals surface area contributed by atoms with Crippen LogP contribution in [-0.4, -0.2) is 67.3 Å². The Hall–Kier alpha value is -4.09. The molecule has 0 spiro atoms. The summed E-state index contributed by atoms with van der Waals surface area (Å²) in [7, 11) is 4.45. The summed E-state index contributed by atoms with van der Waals surface area (Å²) in [6.45, 7) is 2.14. The Morgan fingerprint density at radius 2 is 2.02 bits per heavy atom. The van der Waals surface area contributed by atoms with Crippen LogP contribution in [0.1, 0.15) is 47.4 Å². The number of rotatable bonds is 5. The summed E-state index contributed by atoms with van der Waals surface area (Å²) in [5.74, 6) is 3.22. The van der Waals surface area contributed by atoms with Crippen molar-refractivity contribution in [3.63, 3.8) is 0 Å². The van der Waals surface area contributed by atoms with Crippen molar-refractivity contribution in [3.05, 3.63) is 50.6 Å². The van der Waals surface area contributed by atoms with Crippen LogP contribution in [0.4, 0.5) is 29.1 Å². The molecule has 0 saturated carbocycles. The summed E-state index contributed by atoms with van der Waals surface area (Å²) in [5.41, 5.74) is 9.97. The molecule has 43 heavy (non-hydrogen) atoms. The fourth-order valence-electron chi connectivity index (χ4n) is 4.88. The van der Waals surface area contributed by atoms with E-state index in [1.165, 1.54) is 18.9 Å². The maximum atomic E-state index is 14.7. The number of aliphatic imine (C=N–C) groups is 1. The number of anilines is 2. The standard InChI is InChI=1S/C28H30ClF4N7O3/c1-5-7-14-21(28(31,32)33)15(10-17(34)23(14)30)20-11-18-16(13-43-20)25(38-27(37-18)42-4)40-9-6-8-36-19(12-40)22(29)24(35)26(41)39(2)3/h10,20H,6,8-9,11-13,34-35H2,1-4H3/b24-22+. The zero-order valence-electron chi connectivity index (χ0n) is 23.9. The number of alkyl halides is 3. The number of methoxy groups -OCH3 is 1. The van der Waals surface area contributed by atoms with Crippen LogP contribution in [0.5, 0.6) is 6.01 Å². The highest BCUT2D eigenvalue weighted by Crippen LogP contribution is 2.44. The number of carbonyl (C=O) groups excluding carboxylic acids is 1. The summed E-state index contributed by atoms with van der Waals surface area (Å²) in [5, 5.41) is 0.0105. The lowest BCUT2D eigenvalue weighted by Crippen LogP contribution is -2.35. The Labute approximate surface area is 250 Å². The van der Waals surface area contributed by atoms with Gasteiger partial charge in [0.15, 0.2) is 5.82 Å². The summed E-state index contributed by atoms with van der Waals surface area (Å²) < 4.78 is 68.8. The summed E-state index contributed by atoms with van der Waals surface area (Å²) in [6, 6.07) is 0.910. The van der Waals surface area contributed by atoms with Gasteiger partial charge < -0.3 is 30.7 Å². The number of amides is 1. The normalized spacial score (nSPS) is 17.6. The maximum Gasteiger partial charge on any atom is 0.418 e. The molecule has 0 fully saturated rings. The van der Waals surface area contributed by atoms with Gasteiger partial charge in [0.2, 0.25) is 0 Å². The largest absolute Gasteiger partial charge is 0.467 e. The van der Waals surface area contributed by atoms with Crippen molar-refractivity contribution in [2.45, 2.75) is 38.7 Å². The minimum atomic E-state index is -4.94. The number of hydrogen-bond acceptors (Lipinski definition) is 9. The Balaban J connectivity index is 1.76. The molecule has 1 unspecified atom stereocenters. The molecule has 3 heterocycles. The van der Waals surface area contributed by atoms with Gasteiger partial charge in [-0.05, 0) is 25.0 Å². The first-order valence-electron chi connectivity index (χ1n) is 13.1. The second kappa shape index (κ2) is 12.6. The highest BCUT2D eigenvalue weighted by atomic mass is 35.5. The first-order chi connectivity index (χ1) is 20.3. The highest BCUT2D eigenvalue weighted by molar-refractivity contribution is 6.45. The second-order valence-electron chi connectivity index (χ2n) is 9.99. The van der Waals surface area contributed by atoms with E-state index in [0.29, 0.717) is 42.3 Å². The van der Waals surface area contributed by atoms with E-state index in [4.69, 9.17) is 32.5 Å². The molecular weight excluding hydrogens is 594 g/mol. The molecule has 230 valence electrons. The Morgan fingerprint density at radius 3 is 2.65 bits per heavy atom. The first-order valence-corrected chi connectivity index (χ1v) is 13.5. The molecule has 4 N–H and O–H groups in total. The van der Waals surface area contributed by atoms with E-state index in [1.54, 1.807) is 14.1 Å². The highest BCUT2D eigenvalue weighted by Gasteiger charge is 2.41. The van der Waals surface area contributed by atoms with Gasteiger partial charge in [0, 0.05) is 39.2 Å². The van der Waals surface area contributed by atoms with Gasteiger partial charge in [0.1, 0.15) is 11.5 Å². The first kappa shape index (κ1) is 31.8. The van der Waals surface area contributed by atoms with Crippen LogP contribution in [0.25, 0.3) is 0 Å². The van der Waals surface area contributed by atoms with Crippen molar-refractivity contribution < 1.29 is 31.8 Å². The number of hydrogen-bond donors (Lipinski definition) is 2. The number of ether oxygens (including phenoxy) is 2. The number of nitrogens with two attached hydrogens (primary N) is 2. The van der Waals surface area contributed by atoms with Gasteiger partial charge in [0.05, 0.1) is 59.6 Å². The van der Waals surface area contributed by atoms with Crippen molar-refractivity contribution in [1.82, 2.24) is 14.9 Å². The van der Waals surface area contributed by atoms with E-state index >= 15 is 0 Å². The lowest BCUT2D eigenvalue weighted by Gasteiger charge is -2.32. The molecule has 0 saturated heterocycles. The molecule has 1 amide bonds. The van der Waals surface area contributed by atoms with E-state index in [-0.39, 0.29) is 41.9 Å². The van der Waals surface area contributed by atoms with Crippen molar-refractivity contribution in [1.29, 1.82) is 0 Å². The third-order valence-electron chi connectivity index (χ3n) is 6.90. The van der Waals surface area contributed by atoms with Gasteiger partial charge in [-0.25, -0.2) is 4.39 Å². The number of benzene rings is 1. The molecule has 15 heteroatoms. The van der Waals surface area contributed by atoms with Gasteiger partial charge in [-0.3, -0.25) is 9.79 Å². The zero-order valence-corrected chi connectivity index (χ0v) is 24.7. The van der Waals surface area contributed by atoms with Gasteiger partial charge in [-0.1, -0.05) is 17.5 Å². The van der Waals surface area contributed by atoms with Gasteiger partial charge in [-0.15, -0.1) is 5.92 Å². The molecule has 2 aromatic rings. The lowest BCUT2D eigenvalue weighted by molar-refractivity contribution is -0.140. The van der Waals surface area contributed by atoms with Gasteiger partial charge in [0.25, 0.3) is 5.91 Å². The molecule has 10 nitrogen and oxygen atoms in total. The van der Waals surface area contributed by atoms with Gasteiger partial charge >= 0.3 is 12.2 Å². The third-order valence-corrected chi connectivity index (χ3v) is 7.32. The predicted octanol–water partition coefficient (Wildman–Crippen LogP) is 3.56. The molecule has 1 aromatic heterocycles. The van der Waals surface area contributed by atoms with Crippen molar-refractivity contribution in [2.24, 2.45) is 10.7 Å². The molecule has 0 aliphatic carbocycles. The smallest absolute Gasteiger partial charge is 0.418 e. The Kier molecular flexibility index (Phi) is 9.36. The van der Waals surface area contributed by atoms with Crippen molar-refractivity contribution >= 4 is 34.7 Å². The molecule has 1 aromatic carbocycles. The number of fused-ring (bicyclic) bond motifs is 1. The monoisotopic (exact) mass is 623 g/mol. The van der Waals surface area contributed by atoms with Crippen molar-refractivity contribution in [2.75, 3.05) is 51.5 Å². The van der Waals surface area contributed by atoms with E-state index < -0.39 is 40.8 Å². The maximum absolute atomic E-state index is 14.7. The van der Waals surface area contributed by atoms with E-state index in [9.17, 15) is 22.4 Å². The van der Waals surface area contributed by atoms with Crippen LogP contribution in [0.15, 0.2) is 21.8 Å². The van der Waals surface area contributed by atoms with E-state index in [0.717, 1.165) is 6.07 Å². The third kappa shape index (κ3) is 6.47. The zero-order chi connectivity index (χ0) is 31.6. The van der Waals surface area contributed by atoms with Crippen molar-refractivity contribution in [3.8, 4) is 17.9 Å². The topological polar surface area (TPSA) is 132 Å². The number of halogens is 5. The SMILES string of the molecule is CC#Cc1c(F)c(N)cc(C2Cc3nc(OC)nc(N4CCCN=C(/C(Cl)=C(\N)C(=O)N(C)C)C4)c3CO2)c1C(F)(F)F. The molecule has 0 radical (unpaired) electrons. The molecule has 0 bridgehead atoms. The van der Waals surface area contributed by atoms with Crippen LogP contribution in [0.3, 0.4) is 0 Å². The number of carbonyl (C=O) groups is 1. The number of nitrogen functional groups attached to an aromatic ring is 1. The molecule has 2 aliphatic rings. The molecular formula is C28H30ClF4N7O3.